The van der Waals surface area contributed by atoms with Crippen LogP contribution in [0.15, 0.2) is 0 Å². The highest BCUT2D eigenvalue weighted by molar-refractivity contribution is 5.74. The Kier molecular flexibility index (Phi) is 7.45. The molecule has 2 unspecified atom stereocenters. The number of urea groups is 1. The first-order chi connectivity index (χ1) is 9.92. The van der Waals surface area contributed by atoms with Crippen LogP contribution in [0.2, 0.25) is 0 Å². The molecule has 1 aliphatic heterocycles. The molecule has 7 heteroatoms. The summed E-state index contributed by atoms with van der Waals surface area (Å²) in [5.41, 5.74) is 0. The minimum absolute atomic E-state index is 0.122. The molecule has 1 fully saturated rings. The van der Waals surface area contributed by atoms with Crippen LogP contribution in [0.4, 0.5) is 4.79 Å². The standard InChI is InChI=1S/C14H27N3O4/c1-10(2)17-5-4-11(9-17)7-15-14(20)16-8-12(21-3)6-13(18)19/h10-12H,4-9H2,1-3H3,(H,18,19)(H2,15,16,20). The van der Waals surface area contributed by atoms with E-state index in [1.165, 1.54) is 7.11 Å². The van der Waals surface area contributed by atoms with Gasteiger partial charge in [-0.3, -0.25) is 4.79 Å². The Bertz CT molecular complexity index is 349. The number of amides is 2. The van der Waals surface area contributed by atoms with Crippen LogP contribution in [-0.4, -0.2) is 67.4 Å². The number of hydrogen-bond donors (Lipinski definition) is 3. The molecular weight excluding hydrogens is 274 g/mol. The molecule has 0 radical (unpaired) electrons. The maximum absolute atomic E-state index is 11.7. The minimum atomic E-state index is -0.941. The molecule has 1 saturated heterocycles. The third kappa shape index (κ3) is 6.77. The molecule has 1 rings (SSSR count). The van der Waals surface area contributed by atoms with Gasteiger partial charge in [0.15, 0.2) is 0 Å². The fourth-order valence-corrected chi connectivity index (χ4v) is 2.44. The molecule has 1 aliphatic rings. The van der Waals surface area contributed by atoms with Gasteiger partial charge in [0.05, 0.1) is 12.5 Å². The molecule has 0 aliphatic carbocycles. The van der Waals surface area contributed by atoms with Crippen LogP contribution >= 0.6 is 0 Å². The zero-order chi connectivity index (χ0) is 15.8. The lowest BCUT2D eigenvalue weighted by molar-refractivity contribution is -0.139. The molecule has 0 aromatic heterocycles. The summed E-state index contributed by atoms with van der Waals surface area (Å²) in [6, 6.07) is 0.271. The van der Waals surface area contributed by atoms with Crippen molar-refractivity contribution in [3.05, 3.63) is 0 Å². The number of nitrogens with one attached hydrogen (secondary N) is 2. The lowest BCUT2D eigenvalue weighted by atomic mass is 10.1. The normalized spacial score (nSPS) is 20.5. The maximum Gasteiger partial charge on any atom is 0.314 e. The van der Waals surface area contributed by atoms with E-state index in [0.29, 0.717) is 18.5 Å². The van der Waals surface area contributed by atoms with Crippen molar-refractivity contribution in [2.75, 3.05) is 33.3 Å². The van der Waals surface area contributed by atoms with Gasteiger partial charge >= 0.3 is 12.0 Å². The van der Waals surface area contributed by atoms with Gasteiger partial charge < -0.3 is 25.4 Å². The van der Waals surface area contributed by atoms with E-state index in [9.17, 15) is 9.59 Å². The number of carboxylic acids is 1. The van der Waals surface area contributed by atoms with Gasteiger partial charge in [0.25, 0.3) is 0 Å². The Hall–Kier alpha value is -1.34. The van der Waals surface area contributed by atoms with Crippen LogP contribution in [-0.2, 0) is 9.53 Å². The fourth-order valence-electron chi connectivity index (χ4n) is 2.44. The first-order valence-electron chi connectivity index (χ1n) is 7.42. The lowest BCUT2D eigenvalue weighted by Crippen LogP contribution is -2.42. The van der Waals surface area contributed by atoms with Crippen LogP contribution in [0.1, 0.15) is 26.7 Å². The molecule has 122 valence electrons. The van der Waals surface area contributed by atoms with Crippen molar-refractivity contribution in [3.63, 3.8) is 0 Å². The quantitative estimate of drug-likeness (QED) is 0.607. The number of hydrogen-bond acceptors (Lipinski definition) is 4. The zero-order valence-corrected chi connectivity index (χ0v) is 13.1. The van der Waals surface area contributed by atoms with Crippen molar-refractivity contribution in [1.29, 1.82) is 0 Å². The number of carboxylic acid groups (broad SMARTS) is 1. The van der Waals surface area contributed by atoms with E-state index in [4.69, 9.17) is 9.84 Å². The Labute approximate surface area is 126 Å². The van der Waals surface area contributed by atoms with Crippen molar-refractivity contribution < 1.29 is 19.4 Å². The number of rotatable bonds is 8. The molecule has 0 aromatic rings. The van der Waals surface area contributed by atoms with Gasteiger partial charge in [0.2, 0.25) is 0 Å². The number of carbonyl (C=O) groups is 2. The second kappa shape index (κ2) is 8.84. The van der Waals surface area contributed by atoms with Gasteiger partial charge in [-0.1, -0.05) is 0 Å². The zero-order valence-electron chi connectivity index (χ0n) is 13.1. The number of nitrogens with zero attached hydrogens (tertiary/aromatic N) is 1. The maximum atomic E-state index is 11.7. The van der Waals surface area contributed by atoms with Crippen LogP contribution in [0.3, 0.4) is 0 Å². The molecule has 2 amide bonds. The van der Waals surface area contributed by atoms with Crippen molar-refractivity contribution in [2.24, 2.45) is 5.92 Å². The highest BCUT2D eigenvalue weighted by Gasteiger charge is 2.24. The molecule has 0 bridgehead atoms. The second-order valence-electron chi connectivity index (χ2n) is 5.79. The van der Waals surface area contributed by atoms with Crippen molar-refractivity contribution in [3.8, 4) is 0 Å². The first kappa shape index (κ1) is 17.7. The highest BCUT2D eigenvalue weighted by Crippen LogP contribution is 2.17. The second-order valence-corrected chi connectivity index (χ2v) is 5.79. The van der Waals surface area contributed by atoms with Gasteiger partial charge in [-0.2, -0.15) is 0 Å². The molecule has 0 saturated carbocycles. The average Bonchev–Trinajstić information content (AvgIpc) is 2.89. The van der Waals surface area contributed by atoms with Gasteiger partial charge in [0.1, 0.15) is 0 Å². The Morgan fingerprint density at radius 1 is 1.38 bits per heavy atom. The van der Waals surface area contributed by atoms with E-state index >= 15 is 0 Å². The Morgan fingerprint density at radius 3 is 2.62 bits per heavy atom. The summed E-state index contributed by atoms with van der Waals surface area (Å²) < 4.78 is 5.00. The number of methoxy groups -OCH3 is 1. The third-order valence-electron chi connectivity index (χ3n) is 3.82. The summed E-state index contributed by atoms with van der Waals surface area (Å²) in [7, 11) is 1.44. The van der Waals surface area contributed by atoms with E-state index in [-0.39, 0.29) is 19.0 Å². The lowest BCUT2D eigenvalue weighted by Gasteiger charge is -2.20. The summed E-state index contributed by atoms with van der Waals surface area (Å²) >= 11 is 0. The predicted molar refractivity (Wildman–Crippen MR) is 79.3 cm³/mol. The van der Waals surface area contributed by atoms with Gasteiger partial charge in [-0.25, -0.2) is 4.79 Å². The van der Waals surface area contributed by atoms with Crippen LogP contribution in [0.5, 0.6) is 0 Å². The SMILES string of the molecule is COC(CNC(=O)NCC1CCN(C(C)C)C1)CC(=O)O. The van der Waals surface area contributed by atoms with E-state index in [0.717, 1.165) is 19.5 Å². The van der Waals surface area contributed by atoms with Crippen LogP contribution in [0, 0.1) is 5.92 Å². The van der Waals surface area contributed by atoms with Crippen LogP contribution < -0.4 is 10.6 Å². The summed E-state index contributed by atoms with van der Waals surface area (Å²) in [4.78, 5) is 24.7. The predicted octanol–water partition coefficient (Wildman–Crippen LogP) is 0.506. The third-order valence-corrected chi connectivity index (χ3v) is 3.82. The van der Waals surface area contributed by atoms with E-state index in [2.05, 4.69) is 29.4 Å². The fraction of sp³-hybridized carbons (Fsp3) is 0.857. The largest absolute Gasteiger partial charge is 0.481 e. The molecule has 7 nitrogen and oxygen atoms in total. The summed E-state index contributed by atoms with van der Waals surface area (Å²) in [5, 5.41) is 14.2. The number of likely N-dealkylation sites (tertiary alicyclic amines) is 1. The molecular formula is C14H27N3O4. The van der Waals surface area contributed by atoms with Crippen molar-refractivity contribution in [1.82, 2.24) is 15.5 Å². The summed E-state index contributed by atoms with van der Waals surface area (Å²) in [5.74, 6) is -0.459. The topological polar surface area (TPSA) is 90.9 Å². The average molecular weight is 301 g/mol. The van der Waals surface area contributed by atoms with Crippen LogP contribution in [0.25, 0.3) is 0 Å². The monoisotopic (exact) mass is 301 g/mol. The highest BCUT2D eigenvalue weighted by atomic mass is 16.5. The summed E-state index contributed by atoms with van der Waals surface area (Å²) in [6.45, 7) is 7.28. The molecule has 1 heterocycles. The minimum Gasteiger partial charge on any atom is -0.481 e. The smallest absolute Gasteiger partial charge is 0.314 e. The molecule has 3 N–H and O–H groups in total. The molecule has 0 aromatic carbocycles. The Balaban J connectivity index is 2.18. The van der Waals surface area contributed by atoms with Gasteiger partial charge in [-0.05, 0) is 32.7 Å². The van der Waals surface area contributed by atoms with Gasteiger partial charge in [-0.15, -0.1) is 0 Å². The number of aliphatic carboxylic acids is 1. The number of ether oxygens (including phenoxy) is 1. The Morgan fingerprint density at radius 2 is 2.10 bits per heavy atom. The first-order valence-corrected chi connectivity index (χ1v) is 7.42. The van der Waals surface area contributed by atoms with E-state index < -0.39 is 12.1 Å². The van der Waals surface area contributed by atoms with E-state index in [1.807, 2.05) is 0 Å². The van der Waals surface area contributed by atoms with E-state index in [1.54, 1.807) is 0 Å². The molecule has 0 spiro atoms. The number of carbonyl (C=O) groups excluding carboxylic acids is 1. The van der Waals surface area contributed by atoms with Crippen molar-refractivity contribution >= 4 is 12.0 Å². The summed E-state index contributed by atoms with van der Waals surface area (Å²) in [6.07, 6.45) is 0.470. The molecule has 21 heavy (non-hydrogen) atoms. The molecule has 2 atom stereocenters. The van der Waals surface area contributed by atoms with Crippen molar-refractivity contribution in [2.45, 2.75) is 38.8 Å². The van der Waals surface area contributed by atoms with Gasteiger partial charge in [0, 0.05) is 32.8 Å².